The van der Waals surface area contributed by atoms with Crippen LogP contribution >= 0.6 is 0 Å². The largest absolute Gasteiger partial charge is 0.462 e. The normalized spacial score (nSPS) is 39.5. The van der Waals surface area contributed by atoms with Gasteiger partial charge in [-0.2, -0.15) is 0 Å². The lowest BCUT2D eigenvalue weighted by Crippen LogP contribution is -2.17. The fraction of sp³-hybridized carbons (Fsp3) is 0.636. The summed E-state index contributed by atoms with van der Waals surface area (Å²) in [7, 11) is 0. The molecule has 0 aromatic rings. The Balaban J connectivity index is 2.10. The van der Waals surface area contributed by atoms with Crippen LogP contribution in [0.15, 0.2) is 12.2 Å². The SMILES string of the molecule is CC(=O)C=C[C@@H]1[C@H]2CC(=O)O[C@H]2C[C@H]1O. The van der Waals surface area contributed by atoms with Gasteiger partial charge < -0.3 is 9.84 Å². The van der Waals surface area contributed by atoms with Crippen molar-refractivity contribution in [2.24, 2.45) is 11.8 Å². The van der Waals surface area contributed by atoms with Crippen molar-refractivity contribution in [3.05, 3.63) is 12.2 Å². The minimum atomic E-state index is -0.497. The number of ketones is 1. The molecule has 0 bridgehead atoms. The third-order valence-electron chi connectivity index (χ3n) is 3.13. The number of hydrogen-bond donors (Lipinski definition) is 1. The minimum Gasteiger partial charge on any atom is -0.462 e. The number of allylic oxidation sites excluding steroid dienone is 1. The first-order valence-electron chi connectivity index (χ1n) is 5.14. The van der Waals surface area contributed by atoms with E-state index in [0.29, 0.717) is 12.8 Å². The Labute approximate surface area is 87.9 Å². The van der Waals surface area contributed by atoms with Crippen molar-refractivity contribution in [1.82, 2.24) is 0 Å². The van der Waals surface area contributed by atoms with E-state index in [0.717, 1.165) is 0 Å². The summed E-state index contributed by atoms with van der Waals surface area (Å²) in [5.41, 5.74) is 0. The van der Waals surface area contributed by atoms with Crippen molar-refractivity contribution in [3.8, 4) is 0 Å². The monoisotopic (exact) mass is 210 g/mol. The van der Waals surface area contributed by atoms with Crippen LogP contribution in [0.3, 0.4) is 0 Å². The van der Waals surface area contributed by atoms with Crippen LogP contribution in [0.5, 0.6) is 0 Å². The number of hydrogen-bond acceptors (Lipinski definition) is 4. The van der Waals surface area contributed by atoms with Gasteiger partial charge in [0.15, 0.2) is 5.78 Å². The summed E-state index contributed by atoms with van der Waals surface area (Å²) in [6, 6.07) is 0. The van der Waals surface area contributed by atoms with Gasteiger partial charge in [0.2, 0.25) is 0 Å². The molecular weight excluding hydrogens is 196 g/mol. The highest BCUT2D eigenvalue weighted by molar-refractivity contribution is 5.87. The van der Waals surface area contributed by atoms with E-state index in [9.17, 15) is 14.7 Å². The second-order valence-corrected chi connectivity index (χ2v) is 4.25. The van der Waals surface area contributed by atoms with Crippen molar-refractivity contribution >= 4 is 11.8 Å². The van der Waals surface area contributed by atoms with Gasteiger partial charge >= 0.3 is 5.97 Å². The second-order valence-electron chi connectivity index (χ2n) is 4.25. The van der Waals surface area contributed by atoms with Gasteiger partial charge in [-0.05, 0) is 13.0 Å². The molecule has 2 rings (SSSR count). The zero-order chi connectivity index (χ0) is 11.0. The lowest BCUT2D eigenvalue weighted by atomic mass is 9.91. The lowest BCUT2D eigenvalue weighted by molar-refractivity contribution is -0.141. The maximum atomic E-state index is 11.1. The number of aliphatic hydroxyl groups excluding tert-OH is 1. The Morgan fingerprint density at radius 3 is 3.00 bits per heavy atom. The summed E-state index contributed by atoms with van der Waals surface area (Å²) in [6.45, 7) is 1.46. The van der Waals surface area contributed by atoms with Crippen molar-refractivity contribution in [1.29, 1.82) is 0 Å². The third kappa shape index (κ3) is 1.95. The van der Waals surface area contributed by atoms with Crippen molar-refractivity contribution in [2.75, 3.05) is 0 Å². The second kappa shape index (κ2) is 3.77. The molecule has 0 spiro atoms. The topological polar surface area (TPSA) is 63.6 Å². The van der Waals surface area contributed by atoms with Gasteiger partial charge in [0.25, 0.3) is 0 Å². The number of fused-ring (bicyclic) bond motifs is 1. The fourth-order valence-electron chi connectivity index (χ4n) is 2.43. The molecule has 0 aromatic heterocycles. The highest BCUT2D eigenvalue weighted by atomic mass is 16.6. The van der Waals surface area contributed by atoms with E-state index in [-0.39, 0.29) is 29.7 Å². The van der Waals surface area contributed by atoms with Crippen LogP contribution in [0.2, 0.25) is 0 Å². The Hall–Kier alpha value is -1.16. The maximum absolute atomic E-state index is 11.1. The van der Waals surface area contributed by atoms with Gasteiger partial charge in [0, 0.05) is 18.3 Å². The van der Waals surface area contributed by atoms with Gasteiger partial charge in [-0.3, -0.25) is 9.59 Å². The molecular formula is C11H14O4. The summed E-state index contributed by atoms with van der Waals surface area (Å²) in [5, 5.41) is 9.74. The Bertz CT molecular complexity index is 321. The summed E-state index contributed by atoms with van der Waals surface area (Å²) in [6.07, 6.45) is 3.36. The van der Waals surface area contributed by atoms with Crippen LogP contribution in [0.1, 0.15) is 19.8 Å². The number of carbonyl (C=O) groups excluding carboxylic acids is 2. The molecule has 82 valence electrons. The van der Waals surface area contributed by atoms with E-state index in [1.54, 1.807) is 6.08 Å². The predicted molar refractivity (Wildman–Crippen MR) is 51.9 cm³/mol. The highest BCUT2D eigenvalue weighted by Gasteiger charge is 2.48. The van der Waals surface area contributed by atoms with E-state index in [1.165, 1.54) is 13.0 Å². The zero-order valence-electron chi connectivity index (χ0n) is 8.55. The Kier molecular flexibility index (Phi) is 2.61. The molecule has 1 saturated heterocycles. The quantitative estimate of drug-likeness (QED) is 0.530. The van der Waals surface area contributed by atoms with E-state index < -0.39 is 6.10 Å². The van der Waals surface area contributed by atoms with Gasteiger partial charge in [-0.1, -0.05) is 6.08 Å². The summed E-state index contributed by atoms with van der Waals surface area (Å²) < 4.78 is 5.07. The third-order valence-corrected chi connectivity index (χ3v) is 3.13. The molecule has 1 saturated carbocycles. The molecule has 1 aliphatic heterocycles. The van der Waals surface area contributed by atoms with Gasteiger partial charge in [0.05, 0.1) is 12.5 Å². The Morgan fingerprint density at radius 1 is 1.60 bits per heavy atom. The molecule has 1 N–H and O–H groups in total. The average molecular weight is 210 g/mol. The number of ether oxygens (including phenoxy) is 1. The van der Waals surface area contributed by atoms with E-state index in [1.807, 2.05) is 0 Å². The van der Waals surface area contributed by atoms with Crippen molar-refractivity contribution in [3.63, 3.8) is 0 Å². The molecule has 4 heteroatoms. The van der Waals surface area contributed by atoms with Crippen LogP contribution < -0.4 is 0 Å². The maximum Gasteiger partial charge on any atom is 0.306 e. The standard InChI is InChI=1S/C11H14O4/c1-6(12)2-3-7-8-4-11(14)15-10(8)5-9(7)13/h2-3,7-10,13H,4-5H2,1H3/t7-,8-,9-,10+/m1/s1. The number of rotatable bonds is 2. The predicted octanol–water partition coefficient (Wildman–Crippen LogP) is 0.444. The molecule has 0 amide bonds. The van der Waals surface area contributed by atoms with Crippen LogP contribution in [-0.4, -0.2) is 29.1 Å². The van der Waals surface area contributed by atoms with E-state index >= 15 is 0 Å². The smallest absolute Gasteiger partial charge is 0.306 e. The van der Waals surface area contributed by atoms with Crippen molar-refractivity contribution in [2.45, 2.75) is 32.0 Å². The molecule has 2 fully saturated rings. The first kappa shape index (κ1) is 10.4. The van der Waals surface area contributed by atoms with Crippen LogP contribution in [0.25, 0.3) is 0 Å². The molecule has 1 aliphatic carbocycles. The number of carbonyl (C=O) groups is 2. The summed E-state index contributed by atoms with van der Waals surface area (Å²) in [4.78, 5) is 21.8. The molecule has 0 radical (unpaired) electrons. The van der Waals surface area contributed by atoms with E-state index in [2.05, 4.69) is 0 Å². The van der Waals surface area contributed by atoms with Crippen LogP contribution in [-0.2, 0) is 14.3 Å². The first-order chi connectivity index (χ1) is 7.08. The van der Waals surface area contributed by atoms with Crippen LogP contribution in [0, 0.1) is 11.8 Å². The first-order valence-corrected chi connectivity index (χ1v) is 5.14. The number of aliphatic hydroxyl groups is 1. The summed E-state index contributed by atoms with van der Waals surface area (Å²) in [5.74, 6) is -0.317. The van der Waals surface area contributed by atoms with E-state index in [4.69, 9.17) is 4.74 Å². The summed E-state index contributed by atoms with van der Waals surface area (Å²) >= 11 is 0. The molecule has 4 atom stereocenters. The molecule has 0 aromatic carbocycles. The van der Waals surface area contributed by atoms with Gasteiger partial charge in [-0.15, -0.1) is 0 Å². The molecule has 1 heterocycles. The molecule has 15 heavy (non-hydrogen) atoms. The van der Waals surface area contributed by atoms with Gasteiger partial charge in [0.1, 0.15) is 6.10 Å². The molecule has 0 unspecified atom stereocenters. The molecule has 2 aliphatic rings. The zero-order valence-corrected chi connectivity index (χ0v) is 8.55. The van der Waals surface area contributed by atoms with Crippen LogP contribution in [0.4, 0.5) is 0 Å². The number of esters is 1. The van der Waals surface area contributed by atoms with Crippen molar-refractivity contribution < 1.29 is 19.4 Å². The van der Waals surface area contributed by atoms with Gasteiger partial charge in [-0.25, -0.2) is 0 Å². The molecule has 4 nitrogen and oxygen atoms in total. The Morgan fingerprint density at radius 2 is 2.33 bits per heavy atom. The lowest BCUT2D eigenvalue weighted by Gasteiger charge is -2.13. The minimum absolute atomic E-state index is 0.0445. The highest BCUT2D eigenvalue weighted by Crippen LogP contribution is 2.41. The average Bonchev–Trinajstić information content (AvgIpc) is 2.57. The fourth-order valence-corrected chi connectivity index (χ4v) is 2.43.